The molecule has 0 atom stereocenters. The van der Waals surface area contributed by atoms with Gasteiger partial charge in [0.2, 0.25) is 5.15 Å². The molecule has 18 heavy (non-hydrogen) atoms. The van der Waals surface area contributed by atoms with Crippen molar-refractivity contribution in [1.29, 1.82) is 0 Å². The second kappa shape index (κ2) is 4.97. The highest BCUT2D eigenvalue weighted by atomic mass is 35.5. The Morgan fingerprint density at radius 2 is 2.22 bits per heavy atom. The maximum atomic E-state index is 11.0. The first-order valence-corrected chi connectivity index (χ1v) is 5.45. The fourth-order valence-corrected chi connectivity index (χ4v) is 1.78. The van der Waals surface area contributed by atoms with E-state index in [1.54, 1.807) is 37.4 Å². The van der Waals surface area contributed by atoms with E-state index in [9.17, 15) is 10.1 Å². The van der Waals surface area contributed by atoms with Crippen molar-refractivity contribution in [3.8, 4) is 0 Å². The van der Waals surface area contributed by atoms with Crippen molar-refractivity contribution in [2.75, 3.05) is 5.32 Å². The van der Waals surface area contributed by atoms with Gasteiger partial charge < -0.3 is 5.32 Å². The minimum atomic E-state index is -0.569. The Hall–Kier alpha value is -2.21. The number of hydrogen-bond acceptors (Lipinski definition) is 5. The van der Waals surface area contributed by atoms with E-state index in [1.165, 1.54) is 0 Å². The van der Waals surface area contributed by atoms with E-state index >= 15 is 0 Å². The summed E-state index contributed by atoms with van der Waals surface area (Å²) in [7, 11) is 0. The van der Waals surface area contributed by atoms with Crippen molar-refractivity contribution in [3.63, 3.8) is 0 Å². The highest BCUT2D eigenvalue weighted by Gasteiger charge is 2.21. The summed E-state index contributed by atoms with van der Waals surface area (Å²) in [6.45, 7) is 1.71. The molecule has 2 aromatic rings. The summed E-state index contributed by atoms with van der Waals surface area (Å²) in [6.07, 6.45) is 1.59. The van der Waals surface area contributed by atoms with Crippen LogP contribution in [0, 0.1) is 17.0 Å². The molecule has 0 aliphatic rings. The summed E-state index contributed by atoms with van der Waals surface area (Å²) in [6, 6.07) is 6.78. The molecule has 0 fully saturated rings. The molecular weight excluding hydrogens is 256 g/mol. The van der Waals surface area contributed by atoms with Gasteiger partial charge in [-0.05, 0) is 25.1 Å². The molecule has 1 N–H and O–H groups in total. The lowest BCUT2D eigenvalue weighted by molar-refractivity contribution is -0.384. The molecule has 92 valence electrons. The number of anilines is 2. The van der Waals surface area contributed by atoms with Crippen LogP contribution in [0.25, 0.3) is 0 Å². The summed E-state index contributed by atoms with van der Waals surface area (Å²) in [5.41, 5.74) is 0.605. The van der Waals surface area contributed by atoms with Crippen molar-refractivity contribution < 1.29 is 4.92 Å². The molecule has 0 saturated carbocycles. The third kappa shape index (κ3) is 2.54. The van der Waals surface area contributed by atoms with Crippen molar-refractivity contribution in [2.24, 2.45) is 0 Å². The van der Waals surface area contributed by atoms with Gasteiger partial charge in [0.05, 0.1) is 4.92 Å². The third-order valence-corrected chi connectivity index (χ3v) is 2.45. The average Bonchev–Trinajstić information content (AvgIpc) is 2.28. The molecule has 0 aliphatic carbocycles. The molecule has 0 unspecified atom stereocenters. The third-order valence-electron chi connectivity index (χ3n) is 2.19. The van der Waals surface area contributed by atoms with E-state index in [2.05, 4.69) is 15.3 Å². The van der Waals surface area contributed by atoms with E-state index in [0.717, 1.165) is 0 Å². The lowest BCUT2D eigenvalue weighted by Gasteiger charge is -2.07. The second-order valence-electron chi connectivity index (χ2n) is 3.55. The first-order valence-electron chi connectivity index (χ1n) is 5.07. The van der Waals surface area contributed by atoms with E-state index in [1.807, 2.05) is 0 Å². The van der Waals surface area contributed by atoms with Crippen LogP contribution in [0.3, 0.4) is 0 Å². The van der Waals surface area contributed by atoms with E-state index < -0.39 is 4.92 Å². The number of rotatable bonds is 3. The van der Waals surface area contributed by atoms with Crippen molar-refractivity contribution in [2.45, 2.75) is 6.92 Å². The van der Waals surface area contributed by atoms with Crippen molar-refractivity contribution >= 4 is 28.8 Å². The second-order valence-corrected chi connectivity index (χ2v) is 3.91. The molecule has 2 aromatic heterocycles. The maximum Gasteiger partial charge on any atom is 0.329 e. The number of pyridine rings is 2. The summed E-state index contributed by atoms with van der Waals surface area (Å²) in [4.78, 5) is 18.3. The van der Waals surface area contributed by atoms with E-state index in [-0.39, 0.29) is 16.5 Å². The van der Waals surface area contributed by atoms with Gasteiger partial charge in [-0.2, -0.15) is 0 Å². The van der Waals surface area contributed by atoms with Crippen LogP contribution < -0.4 is 5.32 Å². The van der Waals surface area contributed by atoms with Crippen molar-refractivity contribution in [1.82, 2.24) is 9.97 Å². The van der Waals surface area contributed by atoms with Crippen LogP contribution in [0.4, 0.5) is 17.2 Å². The van der Waals surface area contributed by atoms with Gasteiger partial charge in [0.1, 0.15) is 11.5 Å². The van der Waals surface area contributed by atoms with Crippen LogP contribution in [0.15, 0.2) is 30.5 Å². The van der Waals surface area contributed by atoms with Crippen LogP contribution in [-0.2, 0) is 0 Å². The first kappa shape index (κ1) is 12.3. The number of aromatic nitrogens is 2. The molecule has 0 saturated heterocycles. The fourth-order valence-electron chi connectivity index (χ4n) is 1.47. The Labute approximate surface area is 108 Å². The van der Waals surface area contributed by atoms with Gasteiger partial charge in [-0.25, -0.2) is 9.97 Å². The first-order chi connectivity index (χ1) is 8.58. The largest absolute Gasteiger partial charge is 0.334 e. The topological polar surface area (TPSA) is 81.0 Å². The van der Waals surface area contributed by atoms with Crippen LogP contribution in [0.2, 0.25) is 5.15 Å². The molecule has 2 heterocycles. The van der Waals surface area contributed by atoms with E-state index in [4.69, 9.17) is 11.6 Å². The van der Waals surface area contributed by atoms with E-state index in [0.29, 0.717) is 11.5 Å². The summed E-state index contributed by atoms with van der Waals surface area (Å²) < 4.78 is 0. The molecule has 6 nitrogen and oxygen atoms in total. The number of aryl methyl sites for hydroxylation is 1. The quantitative estimate of drug-likeness (QED) is 0.523. The zero-order valence-corrected chi connectivity index (χ0v) is 10.2. The maximum absolute atomic E-state index is 11.0. The predicted octanol–water partition coefficient (Wildman–Crippen LogP) is 3.09. The molecule has 0 aliphatic heterocycles. The Kier molecular flexibility index (Phi) is 3.38. The Balaban J connectivity index is 2.46. The monoisotopic (exact) mass is 264 g/mol. The molecular formula is C11H9ClN4O2. The lowest BCUT2D eigenvalue weighted by atomic mass is 10.3. The van der Waals surface area contributed by atoms with Crippen LogP contribution >= 0.6 is 11.6 Å². The summed E-state index contributed by atoms with van der Waals surface area (Å²) in [5.74, 6) is 0.502. The average molecular weight is 265 g/mol. The smallest absolute Gasteiger partial charge is 0.329 e. The SMILES string of the molecule is Cc1cc(Nc2ccccn2)c([N+](=O)[O-])c(Cl)n1. The molecule has 0 aromatic carbocycles. The van der Waals surface area contributed by atoms with Gasteiger partial charge in [-0.1, -0.05) is 17.7 Å². The van der Waals surface area contributed by atoms with Crippen LogP contribution in [0.1, 0.15) is 5.69 Å². The molecule has 0 spiro atoms. The molecule has 7 heteroatoms. The van der Waals surface area contributed by atoms with Gasteiger partial charge in [0.25, 0.3) is 0 Å². The minimum absolute atomic E-state index is 0.140. The number of nitrogens with zero attached hydrogens (tertiary/aromatic N) is 3. The van der Waals surface area contributed by atoms with Crippen molar-refractivity contribution in [3.05, 3.63) is 51.4 Å². The molecule has 0 radical (unpaired) electrons. The number of halogens is 1. The molecule has 0 bridgehead atoms. The normalized spacial score (nSPS) is 10.1. The highest BCUT2D eigenvalue weighted by molar-refractivity contribution is 6.32. The zero-order chi connectivity index (χ0) is 13.1. The minimum Gasteiger partial charge on any atom is -0.334 e. The Morgan fingerprint density at radius 3 is 2.83 bits per heavy atom. The Bertz CT molecular complexity index is 589. The fraction of sp³-hybridized carbons (Fsp3) is 0.0909. The summed E-state index contributed by atoms with van der Waals surface area (Å²) >= 11 is 5.78. The van der Waals surface area contributed by atoms with Gasteiger partial charge in [0, 0.05) is 11.9 Å². The number of nitrogens with one attached hydrogen (secondary N) is 1. The zero-order valence-electron chi connectivity index (χ0n) is 9.42. The standard InChI is InChI=1S/C11H9ClN4O2/c1-7-6-8(10(16(17)18)11(12)14-7)15-9-4-2-3-5-13-9/h2-6H,1H3,(H,13,14,15). The van der Waals surface area contributed by atoms with Gasteiger partial charge >= 0.3 is 5.69 Å². The van der Waals surface area contributed by atoms with Gasteiger partial charge in [-0.3, -0.25) is 10.1 Å². The lowest BCUT2D eigenvalue weighted by Crippen LogP contribution is -2.01. The number of hydrogen-bond donors (Lipinski definition) is 1. The van der Waals surface area contributed by atoms with Crippen LogP contribution in [0.5, 0.6) is 0 Å². The summed E-state index contributed by atoms with van der Waals surface area (Å²) in [5, 5.41) is 13.7. The molecule has 0 amide bonds. The number of nitro groups is 1. The highest BCUT2D eigenvalue weighted by Crippen LogP contribution is 2.33. The van der Waals surface area contributed by atoms with Gasteiger partial charge in [-0.15, -0.1) is 0 Å². The van der Waals surface area contributed by atoms with Crippen LogP contribution in [-0.4, -0.2) is 14.9 Å². The Morgan fingerprint density at radius 1 is 1.44 bits per heavy atom. The van der Waals surface area contributed by atoms with Gasteiger partial charge in [0.15, 0.2) is 0 Å². The predicted molar refractivity (Wildman–Crippen MR) is 68.2 cm³/mol. The molecule has 2 rings (SSSR count).